The molecule has 2 nitrogen and oxygen atoms in total. The van der Waals surface area contributed by atoms with Gasteiger partial charge in [0.1, 0.15) is 5.73 Å². The highest BCUT2D eigenvalue weighted by molar-refractivity contribution is 6.53. The third-order valence-electron chi connectivity index (χ3n) is 4.18. The van der Waals surface area contributed by atoms with Crippen LogP contribution in [0.4, 0.5) is 4.39 Å². The molecule has 2 aliphatic rings. The van der Waals surface area contributed by atoms with Crippen LogP contribution in [-0.4, -0.2) is 18.3 Å². The summed E-state index contributed by atoms with van der Waals surface area (Å²) in [6, 6.07) is 0. The normalized spacial score (nSPS) is 29.1. The van der Waals surface area contributed by atoms with Gasteiger partial charge in [-0.05, 0) is 51.5 Å². The third kappa shape index (κ3) is 2.17. The molecular formula is C13H22BFO2. The first-order valence-corrected chi connectivity index (χ1v) is 6.27. The van der Waals surface area contributed by atoms with Crippen LogP contribution >= 0.6 is 0 Å². The Balaban J connectivity index is 2.12. The van der Waals surface area contributed by atoms with Crippen LogP contribution in [0.1, 0.15) is 54.4 Å². The third-order valence-corrected chi connectivity index (χ3v) is 4.18. The zero-order valence-corrected chi connectivity index (χ0v) is 11.7. The van der Waals surface area contributed by atoms with Gasteiger partial charge in [0.2, 0.25) is 0 Å². The molecule has 0 spiro atoms. The van der Waals surface area contributed by atoms with Crippen molar-refractivity contribution >= 4 is 7.12 Å². The van der Waals surface area contributed by atoms with Crippen LogP contribution in [0.25, 0.3) is 0 Å². The summed E-state index contributed by atoms with van der Waals surface area (Å²) >= 11 is 0. The lowest BCUT2D eigenvalue weighted by Gasteiger charge is -2.38. The average Bonchev–Trinajstić information content (AvgIpc) is 2.31. The van der Waals surface area contributed by atoms with Crippen LogP contribution in [-0.2, 0) is 9.31 Å². The van der Waals surface area contributed by atoms with E-state index in [-0.39, 0.29) is 11.1 Å². The van der Waals surface area contributed by atoms with Gasteiger partial charge in [0.15, 0.2) is 0 Å². The number of allylic oxidation sites excluding steroid dienone is 1. The molecule has 0 amide bonds. The van der Waals surface area contributed by atoms with Crippen molar-refractivity contribution in [1.29, 1.82) is 0 Å². The predicted molar refractivity (Wildman–Crippen MR) is 67.2 cm³/mol. The first kappa shape index (κ1) is 13.1. The Hall–Kier alpha value is -0.345. The topological polar surface area (TPSA) is 18.5 Å². The highest BCUT2D eigenvalue weighted by Gasteiger charge is 2.54. The summed E-state index contributed by atoms with van der Waals surface area (Å²) in [5.41, 5.74) is -0.0450. The standard InChI is InChI=1S/C13H22BFO2/c1-11(2)7-9(8-11)10(15)14-16-12(3,4)13(5,6)17-14/h7-8H2,1-6H3. The molecule has 0 bridgehead atoms. The fraction of sp³-hybridized carbons (Fsp3) is 0.846. The van der Waals surface area contributed by atoms with Gasteiger partial charge in [-0.15, -0.1) is 0 Å². The summed E-state index contributed by atoms with van der Waals surface area (Å²) in [7, 11) is -0.814. The fourth-order valence-corrected chi connectivity index (χ4v) is 2.39. The molecule has 0 unspecified atom stereocenters. The Bertz CT molecular complexity index is 346. The Morgan fingerprint density at radius 3 is 1.76 bits per heavy atom. The Morgan fingerprint density at radius 1 is 1.00 bits per heavy atom. The smallest absolute Gasteiger partial charge is 0.398 e. The highest BCUT2D eigenvalue weighted by Crippen LogP contribution is 2.48. The Labute approximate surface area is 104 Å². The average molecular weight is 240 g/mol. The van der Waals surface area contributed by atoms with Crippen molar-refractivity contribution in [2.24, 2.45) is 5.41 Å². The molecule has 1 aliphatic carbocycles. The molecule has 1 heterocycles. The summed E-state index contributed by atoms with van der Waals surface area (Å²) in [6.07, 6.45) is 1.62. The molecule has 4 heteroatoms. The molecule has 2 fully saturated rings. The molecule has 0 N–H and O–H groups in total. The van der Waals surface area contributed by atoms with Crippen LogP contribution in [0.3, 0.4) is 0 Å². The van der Waals surface area contributed by atoms with E-state index < -0.39 is 18.3 Å². The van der Waals surface area contributed by atoms with Gasteiger partial charge in [0, 0.05) is 0 Å². The summed E-state index contributed by atoms with van der Waals surface area (Å²) < 4.78 is 25.6. The van der Waals surface area contributed by atoms with Crippen molar-refractivity contribution in [3.05, 3.63) is 11.3 Å². The monoisotopic (exact) mass is 240 g/mol. The van der Waals surface area contributed by atoms with Gasteiger partial charge in [-0.25, -0.2) is 4.39 Å². The molecule has 0 radical (unpaired) electrons. The van der Waals surface area contributed by atoms with E-state index in [9.17, 15) is 4.39 Å². The molecule has 1 saturated carbocycles. The van der Waals surface area contributed by atoms with Crippen molar-refractivity contribution in [1.82, 2.24) is 0 Å². The minimum atomic E-state index is -0.814. The lowest BCUT2D eigenvalue weighted by molar-refractivity contribution is 0.00578. The van der Waals surface area contributed by atoms with E-state index in [2.05, 4.69) is 13.8 Å². The SMILES string of the molecule is CC1(C)CC(=C(F)B2OC(C)(C)C(C)(C)O2)C1. The largest absolute Gasteiger partial charge is 0.525 e. The molecule has 17 heavy (non-hydrogen) atoms. The zero-order valence-electron chi connectivity index (χ0n) is 11.7. The van der Waals surface area contributed by atoms with Crippen molar-refractivity contribution in [3.8, 4) is 0 Å². The van der Waals surface area contributed by atoms with Crippen LogP contribution in [0.2, 0.25) is 0 Å². The van der Waals surface area contributed by atoms with Crippen molar-refractivity contribution in [2.75, 3.05) is 0 Å². The van der Waals surface area contributed by atoms with Gasteiger partial charge in [0.05, 0.1) is 11.2 Å². The van der Waals surface area contributed by atoms with E-state index in [1.54, 1.807) is 0 Å². The van der Waals surface area contributed by atoms with Crippen molar-refractivity contribution < 1.29 is 13.7 Å². The maximum Gasteiger partial charge on any atom is 0.525 e. The number of rotatable bonds is 1. The Kier molecular flexibility index (Phi) is 2.76. The first-order valence-electron chi connectivity index (χ1n) is 6.27. The molecule has 96 valence electrons. The van der Waals surface area contributed by atoms with E-state index in [4.69, 9.17) is 9.31 Å². The second-order valence-electron chi connectivity index (χ2n) is 7.06. The lowest BCUT2D eigenvalue weighted by atomic mass is 9.64. The maximum atomic E-state index is 14.2. The molecule has 0 atom stereocenters. The van der Waals surface area contributed by atoms with Crippen LogP contribution in [0, 0.1) is 5.41 Å². The molecule has 1 saturated heterocycles. The van der Waals surface area contributed by atoms with E-state index >= 15 is 0 Å². The molecule has 2 rings (SSSR count). The maximum absolute atomic E-state index is 14.2. The Morgan fingerprint density at radius 2 is 1.41 bits per heavy atom. The minimum absolute atomic E-state index is 0.206. The summed E-state index contributed by atoms with van der Waals surface area (Å²) in [4.78, 5) is 0. The van der Waals surface area contributed by atoms with Crippen molar-refractivity contribution in [2.45, 2.75) is 65.6 Å². The van der Waals surface area contributed by atoms with E-state index in [1.165, 1.54) is 0 Å². The quantitative estimate of drug-likeness (QED) is 0.651. The lowest BCUT2D eigenvalue weighted by Crippen LogP contribution is -2.41. The van der Waals surface area contributed by atoms with Crippen LogP contribution < -0.4 is 0 Å². The summed E-state index contributed by atoms with van der Waals surface area (Å²) in [5, 5.41) is 0. The molecule has 1 aliphatic heterocycles. The van der Waals surface area contributed by atoms with E-state index in [0.29, 0.717) is 0 Å². The second-order valence-corrected chi connectivity index (χ2v) is 7.06. The van der Waals surface area contributed by atoms with Gasteiger partial charge in [-0.3, -0.25) is 0 Å². The predicted octanol–water partition coefficient (Wildman–Crippen LogP) is 3.66. The second kappa shape index (κ2) is 3.58. The molecule has 0 aromatic heterocycles. The van der Waals surface area contributed by atoms with Gasteiger partial charge in [-0.2, -0.15) is 0 Å². The van der Waals surface area contributed by atoms with E-state index in [1.807, 2.05) is 27.7 Å². The van der Waals surface area contributed by atoms with Gasteiger partial charge >= 0.3 is 7.12 Å². The van der Waals surface area contributed by atoms with Crippen LogP contribution in [0.5, 0.6) is 0 Å². The van der Waals surface area contributed by atoms with Crippen molar-refractivity contribution in [3.63, 3.8) is 0 Å². The van der Waals surface area contributed by atoms with Gasteiger partial charge in [-0.1, -0.05) is 13.8 Å². The molecule has 0 aromatic carbocycles. The zero-order chi connectivity index (χ0) is 13.1. The van der Waals surface area contributed by atoms with E-state index in [0.717, 1.165) is 18.4 Å². The van der Waals surface area contributed by atoms with Crippen LogP contribution in [0.15, 0.2) is 11.3 Å². The van der Waals surface area contributed by atoms with Gasteiger partial charge < -0.3 is 9.31 Å². The summed E-state index contributed by atoms with van der Waals surface area (Å²) in [6.45, 7) is 12.1. The highest BCUT2D eigenvalue weighted by atomic mass is 19.1. The number of hydrogen-bond acceptors (Lipinski definition) is 2. The minimum Gasteiger partial charge on any atom is -0.398 e. The number of hydrogen-bond donors (Lipinski definition) is 0. The molecular weight excluding hydrogens is 218 g/mol. The molecule has 0 aromatic rings. The van der Waals surface area contributed by atoms with Gasteiger partial charge in [0.25, 0.3) is 0 Å². The number of halogens is 1. The summed E-state index contributed by atoms with van der Waals surface area (Å²) in [5.74, 6) is 0. The first-order chi connectivity index (χ1) is 7.54. The fourth-order valence-electron chi connectivity index (χ4n) is 2.39.